The first-order chi connectivity index (χ1) is 11.7. The van der Waals surface area contributed by atoms with E-state index in [1.54, 1.807) is 12.1 Å². The van der Waals surface area contributed by atoms with E-state index in [0.29, 0.717) is 5.02 Å². The number of halogens is 1. The van der Waals surface area contributed by atoms with E-state index in [1.807, 2.05) is 66.7 Å². The fraction of sp³-hybridized carbons (Fsp3) is 0.0476. The Balaban J connectivity index is 1.89. The van der Waals surface area contributed by atoms with E-state index in [2.05, 4.69) is 0 Å². The summed E-state index contributed by atoms with van der Waals surface area (Å²) in [6, 6.07) is 24.8. The zero-order valence-electron chi connectivity index (χ0n) is 12.8. The molecule has 0 saturated heterocycles. The summed E-state index contributed by atoms with van der Waals surface area (Å²) < 4.78 is 0. The summed E-state index contributed by atoms with van der Waals surface area (Å²) in [6.45, 7) is 0. The molecule has 0 heterocycles. The van der Waals surface area contributed by atoms with Crippen LogP contribution < -0.4 is 0 Å². The van der Waals surface area contributed by atoms with Gasteiger partial charge < -0.3 is 0 Å². The first-order valence-electron chi connectivity index (χ1n) is 7.77. The Morgan fingerprint density at radius 1 is 0.750 bits per heavy atom. The summed E-state index contributed by atoms with van der Waals surface area (Å²) in [4.78, 5) is 17.7. The number of rotatable bonds is 2. The van der Waals surface area contributed by atoms with Crippen molar-refractivity contribution in [1.82, 2.24) is 0 Å². The van der Waals surface area contributed by atoms with Gasteiger partial charge >= 0.3 is 0 Å². The molecule has 0 spiro atoms. The summed E-state index contributed by atoms with van der Waals surface area (Å²) in [5.74, 6) is -0.260. The highest BCUT2D eigenvalue weighted by atomic mass is 35.5. The maximum Gasteiger partial charge on any atom is 0.176 e. The van der Waals surface area contributed by atoms with Gasteiger partial charge in [0.1, 0.15) is 0 Å². The van der Waals surface area contributed by atoms with Crippen molar-refractivity contribution in [2.75, 3.05) is 0 Å². The molecule has 0 bridgehead atoms. The van der Waals surface area contributed by atoms with Crippen LogP contribution in [-0.2, 0) is 0 Å². The molecule has 0 aliphatic heterocycles. The topological polar surface area (TPSA) is 29.4 Å². The molecule has 1 aliphatic carbocycles. The van der Waals surface area contributed by atoms with Crippen LogP contribution in [0.25, 0.3) is 0 Å². The molecular formula is C21H14ClNO. The quantitative estimate of drug-likeness (QED) is 0.614. The van der Waals surface area contributed by atoms with E-state index in [4.69, 9.17) is 16.6 Å². The van der Waals surface area contributed by atoms with Crippen LogP contribution in [0.1, 0.15) is 27.4 Å². The second kappa shape index (κ2) is 6.06. The SMILES string of the molecule is O=C1c2ccccc2C(=Nc2ccc(Cl)cc2)[C@@H]1c1ccccc1. The average molecular weight is 332 g/mol. The third-order valence-electron chi connectivity index (χ3n) is 4.21. The number of fused-ring (bicyclic) bond motifs is 1. The van der Waals surface area contributed by atoms with Crippen LogP contribution in [0.2, 0.25) is 5.02 Å². The normalized spacial score (nSPS) is 18.0. The molecule has 2 nitrogen and oxygen atoms in total. The zero-order valence-corrected chi connectivity index (χ0v) is 13.6. The Labute approximate surface area is 145 Å². The molecule has 3 aromatic carbocycles. The number of carbonyl (C=O) groups excluding carboxylic acids is 1. The van der Waals surface area contributed by atoms with Crippen LogP contribution in [-0.4, -0.2) is 11.5 Å². The minimum Gasteiger partial charge on any atom is -0.293 e. The second-order valence-electron chi connectivity index (χ2n) is 5.73. The fourth-order valence-corrected chi connectivity index (χ4v) is 3.22. The first kappa shape index (κ1) is 14.9. The largest absolute Gasteiger partial charge is 0.293 e. The number of aliphatic imine (C=N–C) groups is 1. The third-order valence-corrected chi connectivity index (χ3v) is 4.47. The summed E-state index contributed by atoms with van der Waals surface area (Å²) in [5.41, 5.74) is 4.20. The van der Waals surface area contributed by atoms with Gasteiger partial charge in [0.25, 0.3) is 0 Å². The summed E-state index contributed by atoms with van der Waals surface area (Å²) in [6.07, 6.45) is 0. The molecule has 0 fully saturated rings. The van der Waals surface area contributed by atoms with Crippen molar-refractivity contribution in [3.05, 3.63) is 101 Å². The van der Waals surface area contributed by atoms with Crippen molar-refractivity contribution in [1.29, 1.82) is 0 Å². The number of hydrogen-bond acceptors (Lipinski definition) is 2. The molecular weight excluding hydrogens is 318 g/mol. The maximum absolute atomic E-state index is 12.9. The molecule has 3 aromatic rings. The van der Waals surface area contributed by atoms with Crippen LogP contribution in [0.3, 0.4) is 0 Å². The van der Waals surface area contributed by atoms with Gasteiger partial charge in [0.2, 0.25) is 0 Å². The molecule has 0 N–H and O–H groups in total. The molecule has 0 radical (unpaired) electrons. The molecule has 4 rings (SSSR count). The molecule has 1 atom stereocenters. The number of benzene rings is 3. The zero-order chi connectivity index (χ0) is 16.5. The minimum absolute atomic E-state index is 0.101. The van der Waals surface area contributed by atoms with Gasteiger partial charge in [-0.05, 0) is 29.8 Å². The van der Waals surface area contributed by atoms with Crippen molar-refractivity contribution in [2.24, 2.45) is 4.99 Å². The fourth-order valence-electron chi connectivity index (χ4n) is 3.09. The Morgan fingerprint density at radius 3 is 2.08 bits per heavy atom. The first-order valence-corrected chi connectivity index (χ1v) is 8.14. The van der Waals surface area contributed by atoms with Crippen LogP contribution in [0.15, 0.2) is 83.9 Å². The molecule has 0 aromatic heterocycles. The molecule has 116 valence electrons. The van der Waals surface area contributed by atoms with Crippen molar-refractivity contribution in [2.45, 2.75) is 5.92 Å². The van der Waals surface area contributed by atoms with Crippen LogP contribution in [0.5, 0.6) is 0 Å². The summed E-state index contributed by atoms with van der Waals surface area (Å²) in [5, 5.41) is 0.668. The Kier molecular flexibility index (Phi) is 3.75. The molecule has 0 unspecified atom stereocenters. The minimum atomic E-state index is -0.362. The van der Waals surface area contributed by atoms with Crippen LogP contribution in [0, 0.1) is 0 Å². The Hall–Kier alpha value is -2.71. The molecule has 0 amide bonds. The number of carbonyl (C=O) groups is 1. The van der Waals surface area contributed by atoms with Gasteiger partial charge in [0, 0.05) is 16.1 Å². The van der Waals surface area contributed by atoms with E-state index in [9.17, 15) is 4.79 Å². The predicted octanol–water partition coefficient (Wildman–Crippen LogP) is 5.44. The molecule has 1 aliphatic rings. The van der Waals surface area contributed by atoms with E-state index in [1.165, 1.54) is 0 Å². The van der Waals surface area contributed by atoms with Gasteiger partial charge in [-0.15, -0.1) is 0 Å². The standard InChI is InChI=1S/C21H14ClNO/c22-15-10-12-16(13-11-15)23-20-17-8-4-5-9-18(17)21(24)19(20)14-6-2-1-3-7-14/h1-13,19H/t19-/m0/s1. The van der Waals surface area contributed by atoms with Crippen molar-refractivity contribution in [3.8, 4) is 0 Å². The van der Waals surface area contributed by atoms with Crippen molar-refractivity contribution in [3.63, 3.8) is 0 Å². The van der Waals surface area contributed by atoms with E-state index < -0.39 is 0 Å². The summed E-state index contributed by atoms with van der Waals surface area (Å²) in [7, 11) is 0. The lowest BCUT2D eigenvalue weighted by atomic mass is 9.93. The lowest BCUT2D eigenvalue weighted by Crippen LogP contribution is -2.13. The average Bonchev–Trinajstić information content (AvgIpc) is 2.90. The van der Waals surface area contributed by atoms with E-state index >= 15 is 0 Å². The molecule has 3 heteroatoms. The number of nitrogens with zero attached hydrogens (tertiary/aromatic N) is 1. The number of ketones is 1. The predicted molar refractivity (Wildman–Crippen MR) is 97.6 cm³/mol. The van der Waals surface area contributed by atoms with Gasteiger partial charge in [-0.25, -0.2) is 0 Å². The van der Waals surface area contributed by atoms with Gasteiger partial charge in [-0.3, -0.25) is 9.79 Å². The van der Waals surface area contributed by atoms with Crippen LogP contribution in [0.4, 0.5) is 5.69 Å². The lowest BCUT2D eigenvalue weighted by molar-refractivity contribution is 0.0988. The van der Waals surface area contributed by atoms with Gasteiger partial charge in [-0.2, -0.15) is 0 Å². The summed E-state index contributed by atoms with van der Waals surface area (Å²) >= 11 is 5.95. The lowest BCUT2D eigenvalue weighted by Gasteiger charge is -2.11. The Bertz CT molecular complexity index is 930. The number of hydrogen-bond donors (Lipinski definition) is 0. The second-order valence-corrected chi connectivity index (χ2v) is 6.16. The van der Waals surface area contributed by atoms with E-state index in [-0.39, 0.29) is 11.7 Å². The van der Waals surface area contributed by atoms with Crippen molar-refractivity contribution >= 4 is 28.8 Å². The van der Waals surface area contributed by atoms with E-state index in [0.717, 1.165) is 28.1 Å². The van der Waals surface area contributed by atoms with Crippen molar-refractivity contribution < 1.29 is 4.79 Å². The van der Waals surface area contributed by atoms with Gasteiger partial charge in [0.05, 0.1) is 17.3 Å². The highest BCUT2D eigenvalue weighted by Crippen LogP contribution is 2.36. The Morgan fingerprint density at radius 2 is 1.38 bits per heavy atom. The molecule has 24 heavy (non-hydrogen) atoms. The highest BCUT2D eigenvalue weighted by molar-refractivity contribution is 6.32. The third kappa shape index (κ3) is 2.55. The smallest absolute Gasteiger partial charge is 0.176 e. The van der Waals surface area contributed by atoms with Crippen LogP contribution >= 0.6 is 11.6 Å². The molecule has 0 saturated carbocycles. The highest BCUT2D eigenvalue weighted by Gasteiger charge is 2.37. The number of Topliss-reactive ketones (excluding diaryl/α,β-unsaturated/α-hetero) is 1. The monoisotopic (exact) mass is 331 g/mol. The van der Waals surface area contributed by atoms with Gasteiger partial charge in [0.15, 0.2) is 5.78 Å². The van der Waals surface area contributed by atoms with Gasteiger partial charge in [-0.1, -0.05) is 66.2 Å². The maximum atomic E-state index is 12.9.